The smallest absolute Gasteiger partial charge is 0.336 e. The van der Waals surface area contributed by atoms with E-state index >= 15 is 0 Å². The number of para-hydroxylation sites is 1. The molecule has 0 saturated heterocycles. The summed E-state index contributed by atoms with van der Waals surface area (Å²) in [5.74, 6) is -1.39. The van der Waals surface area contributed by atoms with E-state index < -0.39 is 17.8 Å². The van der Waals surface area contributed by atoms with Gasteiger partial charge in [-0.25, -0.2) is 4.79 Å². The van der Waals surface area contributed by atoms with E-state index in [1.54, 1.807) is 13.1 Å². The number of aromatic nitrogens is 1. The van der Waals surface area contributed by atoms with Crippen molar-refractivity contribution in [1.82, 2.24) is 4.98 Å². The molecule has 1 aromatic carbocycles. The van der Waals surface area contributed by atoms with Crippen LogP contribution in [0.4, 0.5) is 0 Å². The summed E-state index contributed by atoms with van der Waals surface area (Å²) in [7, 11) is 1.34. The quantitative estimate of drug-likeness (QED) is 0.795. The molecule has 3 rings (SSSR count). The van der Waals surface area contributed by atoms with Gasteiger partial charge in [0, 0.05) is 28.9 Å². The molecule has 0 spiro atoms. The van der Waals surface area contributed by atoms with Crippen molar-refractivity contribution in [3.8, 4) is 6.07 Å². The number of allylic oxidation sites excluding steroid dienone is 1. The van der Waals surface area contributed by atoms with E-state index in [0.29, 0.717) is 17.0 Å². The van der Waals surface area contributed by atoms with E-state index in [4.69, 9.17) is 4.74 Å². The molecule has 0 amide bonds. The van der Waals surface area contributed by atoms with Crippen molar-refractivity contribution in [3.63, 3.8) is 0 Å². The van der Waals surface area contributed by atoms with Crippen LogP contribution in [0.5, 0.6) is 0 Å². The number of fused-ring (bicyclic) bond motifs is 1. The maximum Gasteiger partial charge on any atom is 0.336 e. The van der Waals surface area contributed by atoms with Crippen LogP contribution in [-0.2, 0) is 9.53 Å². The predicted molar refractivity (Wildman–Crippen MR) is 91.4 cm³/mol. The summed E-state index contributed by atoms with van der Waals surface area (Å²) in [4.78, 5) is 21.2. The first-order valence-electron chi connectivity index (χ1n) is 7.66. The maximum atomic E-state index is 12.4. The Kier molecular flexibility index (Phi) is 4.13. The van der Waals surface area contributed by atoms with Gasteiger partial charge in [0.15, 0.2) is 0 Å². The second kappa shape index (κ2) is 6.25. The maximum absolute atomic E-state index is 12.4. The summed E-state index contributed by atoms with van der Waals surface area (Å²) in [6, 6.07) is 11.9. The molecule has 1 unspecified atom stereocenters. The van der Waals surface area contributed by atoms with Crippen molar-refractivity contribution in [2.75, 3.05) is 7.11 Å². The van der Waals surface area contributed by atoms with Gasteiger partial charge in [-0.2, -0.15) is 5.26 Å². The highest BCUT2D eigenvalue weighted by Gasteiger charge is 2.38. The van der Waals surface area contributed by atoms with Crippen LogP contribution >= 0.6 is 0 Å². The van der Waals surface area contributed by atoms with Gasteiger partial charge in [-0.1, -0.05) is 18.2 Å². The van der Waals surface area contributed by atoms with Gasteiger partial charge in [-0.15, -0.1) is 0 Å². The number of benzene rings is 1. The molecular weight excluding hydrogens is 302 g/mol. The van der Waals surface area contributed by atoms with Crippen LogP contribution in [0.1, 0.15) is 25.3 Å². The molecule has 0 saturated carbocycles. The Morgan fingerprint density at radius 2 is 2.00 bits per heavy atom. The van der Waals surface area contributed by atoms with Gasteiger partial charge < -0.3 is 4.74 Å². The van der Waals surface area contributed by atoms with Crippen LogP contribution in [0.25, 0.3) is 10.9 Å². The van der Waals surface area contributed by atoms with E-state index in [-0.39, 0.29) is 0 Å². The molecule has 5 nitrogen and oxygen atoms in total. The minimum atomic E-state index is -0.520. The number of rotatable bonds is 2. The number of carbonyl (C=O) groups excluding carboxylic acids is 1. The van der Waals surface area contributed by atoms with Crippen LogP contribution in [-0.4, -0.2) is 23.8 Å². The van der Waals surface area contributed by atoms with Gasteiger partial charge in [-0.05, 0) is 31.5 Å². The Hall–Kier alpha value is -3.00. The Bertz CT molecular complexity index is 916. The third-order valence-corrected chi connectivity index (χ3v) is 4.39. The molecule has 1 aliphatic heterocycles. The third-order valence-electron chi connectivity index (χ3n) is 4.39. The molecule has 0 fully saturated rings. The van der Waals surface area contributed by atoms with Crippen LogP contribution in [0.15, 0.2) is 52.8 Å². The van der Waals surface area contributed by atoms with Crippen molar-refractivity contribution >= 4 is 22.6 Å². The summed E-state index contributed by atoms with van der Waals surface area (Å²) in [5.41, 5.74) is 3.45. The average Bonchev–Trinajstić information content (AvgIpc) is 2.60. The second-order valence-electron chi connectivity index (χ2n) is 5.75. The van der Waals surface area contributed by atoms with E-state index in [1.165, 1.54) is 7.11 Å². The molecule has 2 atom stereocenters. The predicted octanol–water partition coefficient (Wildman–Crippen LogP) is 3.38. The van der Waals surface area contributed by atoms with Crippen molar-refractivity contribution in [3.05, 3.63) is 53.4 Å². The standard InChI is InChI=1S/C19H17N3O2/c1-11-15(10-20)18(17(12(2)22-11)19(23)24-3)14-8-9-21-16-7-5-4-6-13(14)16/h4-9,15,18H,1-3H3/t15?,18-/m0/s1. The van der Waals surface area contributed by atoms with Crippen molar-refractivity contribution in [2.45, 2.75) is 19.8 Å². The number of aliphatic imine (C=N–C) groups is 1. The number of nitrogens with zero attached hydrogens (tertiary/aromatic N) is 3. The molecule has 0 N–H and O–H groups in total. The zero-order chi connectivity index (χ0) is 17.3. The van der Waals surface area contributed by atoms with Crippen molar-refractivity contribution in [1.29, 1.82) is 5.26 Å². The molecule has 1 aliphatic rings. The van der Waals surface area contributed by atoms with Crippen LogP contribution < -0.4 is 0 Å². The lowest BCUT2D eigenvalue weighted by molar-refractivity contribution is -0.136. The Balaban J connectivity index is 2.30. The lowest BCUT2D eigenvalue weighted by Crippen LogP contribution is -2.29. The highest BCUT2D eigenvalue weighted by atomic mass is 16.5. The molecule has 0 aliphatic carbocycles. The minimum Gasteiger partial charge on any atom is -0.466 e. The normalized spacial score (nSPS) is 20.5. The highest BCUT2D eigenvalue weighted by Crippen LogP contribution is 2.41. The fourth-order valence-corrected chi connectivity index (χ4v) is 3.30. The van der Waals surface area contributed by atoms with E-state index in [1.807, 2.05) is 37.3 Å². The fraction of sp³-hybridized carbons (Fsp3) is 0.263. The van der Waals surface area contributed by atoms with Crippen molar-refractivity contribution in [2.24, 2.45) is 10.9 Å². The van der Waals surface area contributed by atoms with Crippen LogP contribution in [0, 0.1) is 17.2 Å². The number of esters is 1. The lowest BCUT2D eigenvalue weighted by atomic mass is 9.75. The number of nitriles is 1. The third kappa shape index (κ3) is 2.46. The molecule has 0 bridgehead atoms. The Labute approximate surface area is 140 Å². The molecule has 5 heteroatoms. The summed E-state index contributed by atoms with van der Waals surface area (Å²) in [5, 5.41) is 10.6. The summed E-state index contributed by atoms with van der Waals surface area (Å²) >= 11 is 0. The average molecular weight is 319 g/mol. The fourth-order valence-electron chi connectivity index (χ4n) is 3.30. The first kappa shape index (κ1) is 15.9. The zero-order valence-electron chi connectivity index (χ0n) is 13.8. The number of methoxy groups -OCH3 is 1. The largest absolute Gasteiger partial charge is 0.466 e. The van der Waals surface area contributed by atoms with Gasteiger partial charge in [0.1, 0.15) is 0 Å². The van der Waals surface area contributed by atoms with Gasteiger partial charge in [0.2, 0.25) is 0 Å². The van der Waals surface area contributed by atoms with Gasteiger partial charge in [-0.3, -0.25) is 9.98 Å². The van der Waals surface area contributed by atoms with E-state index in [0.717, 1.165) is 16.5 Å². The summed E-state index contributed by atoms with van der Waals surface area (Å²) in [6.45, 7) is 3.60. The molecule has 0 radical (unpaired) electrons. The molecule has 1 aromatic heterocycles. The number of pyridine rings is 1. The molecule has 24 heavy (non-hydrogen) atoms. The van der Waals surface area contributed by atoms with Crippen molar-refractivity contribution < 1.29 is 9.53 Å². The lowest BCUT2D eigenvalue weighted by Gasteiger charge is -2.29. The first-order chi connectivity index (χ1) is 11.6. The SMILES string of the molecule is COC(=O)C1=C(C)N=C(C)C(C#N)[C@@H]1c1ccnc2ccccc12. The van der Waals surface area contributed by atoms with E-state index in [2.05, 4.69) is 16.0 Å². The molecule has 120 valence electrons. The Morgan fingerprint density at radius 3 is 2.71 bits per heavy atom. The minimum absolute atomic E-state index is 0.423. The topological polar surface area (TPSA) is 75.3 Å². The Morgan fingerprint density at radius 1 is 1.25 bits per heavy atom. The number of carbonyl (C=O) groups is 1. The van der Waals surface area contributed by atoms with Gasteiger partial charge in [0.05, 0.1) is 30.2 Å². The second-order valence-corrected chi connectivity index (χ2v) is 5.75. The summed E-state index contributed by atoms with van der Waals surface area (Å²) in [6.07, 6.45) is 1.71. The van der Waals surface area contributed by atoms with Crippen LogP contribution in [0.2, 0.25) is 0 Å². The number of ether oxygens (including phenoxy) is 1. The monoisotopic (exact) mass is 319 g/mol. The van der Waals surface area contributed by atoms with Crippen LogP contribution in [0.3, 0.4) is 0 Å². The zero-order valence-corrected chi connectivity index (χ0v) is 13.8. The molecule has 2 heterocycles. The molecular formula is C19H17N3O2. The van der Waals surface area contributed by atoms with Gasteiger partial charge >= 0.3 is 5.97 Å². The molecule has 2 aromatic rings. The highest BCUT2D eigenvalue weighted by molar-refractivity contribution is 6.00. The first-order valence-corrected chi connectivity index (χ1v) is 7.66. The number of hydrogen-bond acceptors (Lipinski definition) is 5. The van der Waals surface area contributed by atoms with Gasteiger partial charge in [0.25, 0.3) is 0 Å². The number of hydrogen-bond donors (Lipinski definition) is 0. The van der Waals surface area contributed by atoms with E-state index in [9.17, 15) is 10.1 Å². The summed E-state index contributed by atoms with van der Waals surface area (Å²) < 4.78 is 4.96.